The number of pyridine rings is 1. The van der Waals surface area contributed by atoms with Gasteiger partial charge in [-0.3, -0.25) is 4.98 Å². The summed E-state index contributed by atoms with van der Waals surface area (Å²) in [4.78, 5) is 4.31. The van der Waals surface area contributed by atoms with E-state index in [0.29, 0.717) is 21.9 Å². The minimum atomic E-state index is -0.299. The first kappa shape index (κ1) is 15.4. The topological polar surface area (TPSA) is 48.7 Å². The van der Waals surface area contributed by atoms with E-state index in [0.717, 1.165) is 29.1 Å². The van der Waals surface area contributed by atoms with Crippen molar-refractivity contribution in [2.45, 2.75) is 12.2 Å². The molecule has 0 radical (unpaired) electrons. The lowest BCUT2D eigenvalue weighted by atomic mass is 10.1. The highest BCUT2D eigenvalue weighted by atomic mass is 32.2. The number of nitrogens with zero attached hydrogens (tertiary/aromatic N) is 2. The summed E-state index contributed by atoms with van der Waals surface area (Å²) in [6, 6.07) is 5.09. The Morgan fingerprint density at radius 1 is 1.45 bits per heavy atom. The third kappa shape index (κ3) is 3.16. The van der Waals surface area contributed by atoms with Gasteiger partial charge in [0.15, 0.2) is 0 Å². The van der Waals surface area contributed by atoms with E-state index >= 15 is 0 Å². The summed E-state index contributed by atoms with van der Waals surface area (Å²) in [6.07, 6.45) is 1.57. The molecule has 114 valence electrons. The molecule has 0 amide bonds. The molecule has 1 aromatic carbocycles. The van der Waals surface area contributed by atoms with Gasteiger partial charge < -0.3 is 5.32 Å². The molecular weight excluding hydrogens is 317 g/mol. The van der Waals surface area contributed by atoms with Gasteiger partial charge in [-0.05, 0) is 24.6 Å². The Morgan fingerprint density at radius 2 is 2.32 bits per heavy atom. The molecule has 2 heterocycles. The zero-order chi connectivity index (χ0) is 15.5. The third-order valence-electron chi connectivity index (χ3n) is 3.64. The van der Waals surface area contributed by atoms with Crippen molar-refractivity contribution in [1.29, 1.82) is 5.26 Å². The van der Waals surface area contributed by atoms with E-state index in [-0.39, 0.29) is 5.82 Å². The maximum Gasteiger partial charge on any atom is 0.124 e. The van der Waals surface area contributed by atoms with Crippen LogP contribution in [0.5, 0.6) is 0 Å². The molecule has 1 aliphatic heterocycles. The van der Waals surface area contributed by atoms with Gasteiger partial charge in [0, 0.05) is 40.6 Å². The number of hydrogen-bond acceptors (Lipinski definition) is 5. The molecule has 0 saturated carbocycles. The maximum absolute atomic E-state index is 13.8. The van der Waals surface area contributed by atoms with E-state index in [2.05, 4.69) is 16.4 Å². The summed E-state index contributed by atoms with van der Waals surface area (Å²) in [7, 11) is 0. The summed E-state index contributed by atoms with van der Waals surface area (Å²) in [5, 5.41) is 13.9. The predicted octanol–water partition coefficient (Wildman–Crippen LogP) is 3.81. The number of hydrogen-bond donors (Lipinski definition) is 1. The van der Waals surface area contributed by atoms with Crippen LogP contribution in [-0.4, -0.2) is 34.0 Å². The summed E-state index contributed by atoms with van der Waals surface area (Å²) < 4.78 is 13.8. The van der Waals surface area contributed by atoms with Crippen LogP contribution in [0, 0.1) is 24.1 Å². The molecule has 3 rings (SSSR count). The first-order chi connectivity index (χ1) is 10.7. The van der Waals surface area contributed by atoms with Crippen LogP contribution in [0.2, 0.25) is 0 Å². The Kier molecular flexibility index (Phi) is 4.74. The van der Waals surface area contributed by atoms with Gasteiger partial charge in [-0.2, -0.15) is 28.8 Å². The molecule has 6 heteroatoms. The lowest BCUT2D eigenvalue weighted by Gasteiger charge is -2.22. The van der Waals surface area contributed by atoms with E-state index in [1.54, 1.807) is 6.20 Å². The number of fused-ring (bicyclic) bond motifs is 1. The maximum atomic E-state index is 13.8. The Bertz CT molecular complexity index is 736. The molecule has 2 aromatic rings. The quantitative estimate of drug-likeness (QED) is 0.925. The van der Waals surface area contributed by atoms with Crippen molar-refractivity contribution in [2.75, 3.05) is 29.1 Å². The lowest BCUT2D eigenvalue weighted by Crippen LogP contribution is -2.23. The Hall–Kier alpha value is -1.45. The van der Waals surface area contributed by atoms with Crippen molar-refractivity contribution in [2.24, 2.45) is 0 Å². The number of anilines is 1. The average molecular weight is 333 g/mol. The number of benzene rings is 1. The molecule has 1 N–H and O–H groups in total. The Labute approximate surface area is 137 Å². The van der Waals surface area contributed by atoms with Crippen LogP contribution in [0.25, 0.3) is 10.9 Å². The first-order valence-corrected chi connectivity index (χ1v) is 9.31. The summed E-state index contributed by atoms with van der Waals surface area (Å²) in [6.45, 7) is 2.61. The van der Waals surface area contributed by atoms with Crippen molar-refractivity contribution in [1.82, 2.24) is 4.98 Å². The van der Waals surface area contributed by atoms with Crippen molar-refractivity contribution < 1.29 is 4.39 Å². The number of nitrogens with one attached hydrogen (secondary N) is 1. The van der Waals surface area contributed by atoms with Gasteiger partial charge >= 0.3 is 0 Å². The van der Waals surface area contributed by atoms with Crippen molar-refractivity contribution in [3.05, 3.63) is 35.3 Å². The van der Waals surface area contributed by atoms with Crippen LogP contribution in [0.1, 0.15) is 11.1 Å². The summed E-state index contributed by atoms with van der Waals surface area (Å²) >= 11 is 3.91. The predicted molar refractivity (Wildman–Crippen MR) is 93.2 cm³/mol. The van der Waals surface area contributed by atoms with E-state index in [1.807, 2.05) is 30.4 Å². The fourth-order valence-electron chi connectivity index (χ4n) is 2.58. The van der Waals surface area contributed by atoms with Crippen LogP contribution in [0.4, 0.5) is 10.1 Å². The lowest BCUT2D eigenvalue weighted by molar-refractivity contribution is 0.628. The number of aryl methyl sites for hydroxylation is 1. The van der Waals surface area contributed by atoms with Crippen LogP contribution >= 0.6 is 23.5 Å². The molecule has 1 aliphatic rings. The zero-order valence-corrected chi connectivity index (χ0v) is 13.9. The SMILES string of the molecule is Cc1cc(F)cc2c(NCC3CSCCS3)c(C#N)cnc12. The molecule has 1 unspecified atom stereocenters. The van der Waals surface area contributed by atoms with Gasteiger partial charge in [0.25, 0.3) is 0 Å². The number of thioether (sulfide) groups is 2. The first-order valence-electron chi connectivity index (χ1n) is 7.11. The molecule has 1 atom stereocenters. The van der Waals surface area contributed by atoms with Gasteiger partial charge in [0.1, 0.15) is 11.9 Å². The zero-order valence-electron chi connectivity index (χ0n) is 12.2. The molecule has 22 heavy (non-hydrogen) atoms. The smallest absolute Gasteiger partial charge is 0.124 e. The van der Waals surface area contributed by atoms with Gasteiger partial charge in [-0.1, -0.05) is 0 Å². The normalized spacial score (nSPS) is 18.1. The van der Waals surface area contributed by atoms with Crippen molar-refractivity contribution >= 4 is 40.1 Å². The van der Waals surface area contributed by atoms with Gasteiger partial charge in [0.05, 0.1) is 16.8 Å². The fraction of sp³-hybridized carbons (Fsp3) is 0.375. The molecule has 0 bridgehead atoms. The minimum Gasteiger partial charge on any atom is -0.382 e. The van der Waals surface area contributed by atoms with Crippen LogP contribution in [0.3, 0.4) is 0 Å². The Balaban J connectivity index is 1.96. The number of rotatable bonds is 3. The fourth-order valence-corrected chi connectivity index (χ4v) is 5.19. The third-order valence-corrected chi connectivity index (χ3v) is 6.48. The van der Waals surface area contributed by atoms with E-state index in [9.17, 15) is 9.65 Å². The molecule has 1 aromatic heterocycles. The summed E-state index contributed by atoms with van der Waals surface area (Å²) in [5.74, 6) is 3.17. The number of nitriles is 1. The highest BCUT2D eigenvalue weighted by molar-refractivity contribution is 8.06. The highest BCUT2D eigenvalue weighted by Gasteiger charge is 2.17. The number of halogens is 1. The minimum absolute atomic E-state index is 0.299. The van der Waals surface area contributed by atoms with Crippen LogP contribution in [0.15, 0.2) is 18.3 Å². The van der Waals surface area contributed by atoms with Gasteiger partial charge in [-0.15, -0.1) is 0 Å². The monoisotopic (exact) mass is 333 g/mol. The molecule has 3 nitrogen and oxygen atoms in total. The van der Waals surface area contributed by atoms with Crippen LogP contribution < -0.4 is 5.32 Å². The second kappa shape index (κ2) is 6.76. The molecule has 0 spiro atoms. The highest BCUT2D eigenvalue weighted by Crippen LogP contribution is 2.30. The average Bonchev–Trinajstić information content (AvgIpc) is 2.53. The molecular formula is C16H16FN3S2. The molecule has 1 fully saturated rings. The second-order valence-electron chi connectivity index (χ2n) is 5.23. The second-order valence-corrected chi connectivity index (χ2v) is 7.78. The van der Waals surface area contributed by atoms with Crippen molar-refractivity contribution in [3.63, 3.8) is 0 Å². The summed E-state index contributed by atoms with van der Waals surface area (Å²) in [5.41, 5.74) is 2.69. The number of aromatic nitrogens is 1. The van der Waals surface area contributed by atoms with Crippen LogP contribution in [-0.2, 0) is 0 Å². The van der Waals surface area contributed by atoms with Gasteiger partial charge in [-0.25, -0.2) is 4.39 Å². The van der Waals surface area contributed by atoms with E-state index in [4.69, 9.17) is 0 Å². The van der Waals surface area contributed by atoms with Gasteiger partial charge in [0.2, 0.25) is 0 Å². The van der Waals surface area contributed by atoms with E-state index < -0.39 is 0 Å². The molecule has 0 aliphatic carbocycles. The molecule has 1 saturated heterocycles. The Morgan fingerprint density at radius 3 is 3.05 bits per heavy atom. The largest absolute Gasteiger partial charge is 0.382 e. The van der Waals surface area contributed by atoms with E-state index in [1.165, 1.54) is 17.9 Å². The van der Waals surface area contributed by atoms with Crippen molar-refractivity contribution in [3.8, 4) is 6.07 Å². The standard InChI is InChI=1S/C16H16FN3S2/c1-10-4-12(17)5-14-15(10)19-7-11(6-18)16(14)20-8-13-9-21-2-3-22-13/h4-5,7,13H,2-3,8-9H2,1H3,(H,19,20).